The fourth-order valence-electron chi connectivity index (χ4n) is 4.32. The van der Waals surface area contributed by atoms with E-state index in [0.717, 1.165) is 59.7 Å². The lowest BCUT2D eigenvalue weighted by Crippen LogP contribution is -2.27. The zero-order chi connectivity index (χ0) is 24.0. The van der Waals surface area contributed by atoms with Crippen molar-refractivity contribution in [1.82, 2.24) is 9.47 Å². The van der Waals surface area contributed by atoms with Gasteiger partial charge >= 0.3 is 0 Å². The summed E-state index contributed by atoms with van der Waals surface area (Å²) in [7, 11) is 0. The number of hydrogen-bond acceptors (Lipinski definition) is 3. The first-order valence-electron chi connectivity index (χ1n) is 10.7. The molecule has 0 spiro atoms. The van der Waals surface area contributed by atoms with Gasteiger partial charge in [-0.25, -0.2) is 0 Å². The minimum atomic E-state index is -0.260. The molecule has 0 N–H and O–H groups in total. The Kier molecular flexibility index (Phi) is 6.27. The number of aromatic nitrogens is 1. The molecular formula is C27H20Br2N2O2S. The zero-order valence-electron chi connectivity index (χ0n) is 18.5. The van der Waals surface area contributed by atoms with E-state index < -0.39 is 0 Å². The molecule has 0 aliphatic carbocycles. The molecule has 34 heavy (non-hydrogen) atoms. The number of aryl methyl sites for hydroxylation is 1. The third-order valence-corrected chi connectivity index (χ3v) is 8.38. The summed E-state index contributed by atoms with van der Waals surface area (Å²) in [5, 5.41) is 2.03. The van der Waals surface area contributed by atoms with Gasteiger partial charge in [0.15, 0.2) is 0 Å². The summed E-state index contributed by atoms with van der Waals surface area (Å²) in [5.41, 5.74) is 4.98. The Morgan fingerprint density at radius 1 is 0.882 bits per heavy atom. The van der Waals surface area contributed by atoms with Gasteiger partial charge in [-0.2, -0.15) is 0 Å². The van der Waals surface area contributed by atoms with Crippen molar-refractivity contribution in [3.05, 3.63) is 103 Å². The smallest absolute Gasteiger partial charge is 0.293 e. The Morgan fingerprint density at radius 2 is 1.59 bits per heavy atom. The second-order valence-corrected chi connectivity index (χ2v) is 10.8. The highest BCUT2D eigenvalue weighted by Crippen LogP contribution is 2.36. The van der Waals surface area contributed by atoms with Crippen molar-refractivity contribution >= 4 is 71.6 Å². The number of rotatable bonds is 4. The first kappa shape index (κ1) is 23.1. The summed E-state index contributed by atoms with van der Waals surface area (Å²) in [4.78, 5) is 27.5. The molecule has 1 aliphatic heterocycles. The number of hydrogen-bond donors (Lipinski definition) is 0. The number of halogens is 2. The van der Waals surface area contributed by atoms with Gasteiger partial charge in [-0.15, -0.1) is 0 Å². The topological polar surface area (TPSA) is 42.3 Å². The average molecular weight is 596 g/mol. The lowest BCUT2D eigenvalue weighted by Gasteiger charge is -2.14. The number of fused-ring (bicyclic) bond motifs is 1. The van der Waals surface area contributed by atoms with Crippen molar-refractivity contribution in [3.63, 3.8) is 0 Å². The quantitative estimate of drug-likeness (QED) is 0.224. The van der Waals surface area contributed by atoms with Crippen molar-refractivity contribution in [2.45, 2.75) is 20.4 Å². The van der Waals surface area contributed by atoms with Crippen LogP contribution in [0.25, 0.3) is 22.5 Å². The first-order valence-corrected chi connectivity index (χ1v) is 13.1. The molecule has 4 nitrogen and oxygen atoms in total. The van der Waals surface area contributed by atoms with Gasteiger partial charge in [0, 0.05) is 25.7 Å². The van der Waals surface area contributed by atoms with E-state index in [4.69, 9.17) is 0 Å². The molecule has 1 saturated heterocycles. The van der Waals surface area contributed by atoms with Crippen LogP contribution in [0.2, 0.25) is 0 Å². The molecule has 1 fully saturated rings. The molecule has 3 aromatic carbocycles. The highest BCUT2D eigenvalue weighted by atomic mass is 79.9. The number of nitrogens with zero attached hydrogens (tertiary/aromatic N) is 2. The number of amides is 2. The van der Waals surface area contributed by atoms with Gasteiger partial charge in [0.25, 0.3) is 11.1 Å². The van der Waals surface area contributed by atoms with Gasteiger partial charge in [-0.05, 0) is 72.5 Å². The average Bonchev–Trinajstić information content (AvgIpc) is 3.25. The normalized spacial score (nSPS) is 15.2. The minimum Gasteiger partial charge on any atom is -0.317 e. The Balaban J connectivity index is 1.51. The molecule has 170 valence electrons. The Hall–Kier alpha value is -2.61. The van der Waals surface area contributed by atoms with Gasteiger partial charge < -0.3 is 4.57 Å². The second-order valence-electron chi connectivity index (χ2n) is 8.13. The van der Waals surface area contributed by atoms with Crippen LogP contribution in [0.15, 0.2) is 80.6 Å². The van der Waals surface area contributed by atoms with E-state index in [1.54, 1.807) is 0 Å². The van der Waals surface area contributed by atoms with Crippen LogP contribution < -0.4 is 0 Å². The third kappa shape index (κ3) is 4.06. The van der Waals surface area contributed by atoms with Gasteiger partial charge in [0.1, 0.15) is 0 Å². The van der Waals surface area contributed by atoms with Crippen LogP contribution in [0.5, 0.6) is 0 Å². The molecule has 4 aromatic rings. The highest BCUT2D eigenvalue weighted by Gasteiger charge is 2.35. The molecule has 1 aromatic heterocycles. The van der Waals surface area contributed by atoms with Crippen molar-refractivity contribution in [1.29, 1.82) is 0 Å². The van der Waals surface area contributed by atoms with Crippen LogP contribution in [-0.2, 0) is 11.3 Å². The van der Waals surface area contributed by atoms with Crippen LogP contribution in [0, 0.1) is 13.8 Å². The minimum absolute atomic E-state index is 0.243. The largest absolute Gasteiger partial charge is 0.317 e. The van der Waals surface area contributed by atoms with Crippen LogP contribution in [-0.4, -0.2) is 20.6 Å². The van der Waals surface area contributed by atoms with Crippen molar-refractivity contribution in [2.24, 2.45) is 0 Å². The SMILES string of the molecule is Cc1cc(/C=C2\SC(=O)N(Cc3ccccc3Br)C2=O)c(C)n1-c1ccc(Br)c2ccccc12. The molecule has 2 amide bonds. The fraction of sp³-hybridized carbons (Fsp3) is 0.111. The highest BCUT2D eigenvalue weighted by molar-refractivity contribution is 9.11. The van der Waals surface area contributed by atoms with E-state index in [1.807, 2.05) is 49.4 Å². The second kappa shape index (κ2) is 9.21. The lowest BCUT2D eigenvalue weighted by atomic mass is 10.1. The standard InChI is InChI=1S/C27H20Br2N2O2S/c1-16-13-19(17(2)31(16)24-12-11-23(29)20-8-4-5-9-21(20)24)14-25-26(32)30(27(33)34-25)15-18-7-3-6-10-22(18)28/h3-14H,15H2,1-2H3/b25-14-. The summed E-state index contributed by atoms with van der Waals surface area (Å²) in [5.74, 6) is -0.260. The number of thioether (sulfide) groups is 1. The summed E-state index contributed by atoms with van der Waals surface area (Å²) in [6.45, 7) is 4.34. The number of benzene rings is 3. The number of carbonyl (C=O) groups excluding carboxylic acids is 2. The lowest BCUT2D eigenvalue weighted by molar-refractivity contribution is -0.123. The van der Waals surface area contributed by atoms with Crippen LogP contribution in [0.1, 0.15) is 22.5 Å². The molecular weight excluding hydrogens is 576 g/mol. The summed E-state index contributed by atoms with van der Waals surface area (Å²) < 4.78 is 4.13. The van der Waals surface area contributed by atoms with Gasteiger partial charge in [-0.3, -0.25) is 14.5 Å². The maximum absolute atomic E-state index is 13.1. The van der Waals surface area contributed by atoms with Crippen LogP contribution in [0.4, 0.5) is 4.79 Å². The van der Waals surface area contributed by atoms with Crippen LogP contribution in [0.3, 0.4) is 0 Å². The molecule has 0 unspecified atom stereocenters. The Morgan fingerprint density at radius 3 is 2.35 bits per heavy atom. The molecule has 0 atom stereocenters. The van der Waals surface area contributed by atoms with E-state index in [9.17, 15) is 9.59 Å². The monoisotopic (exact) mass is 594 g/mol. The zero-order valence-corrected chi connectivity index (χ0v) is 22.5. The number of imide groups is 1. The summed E-state index contributed by atoms with van der Waals surface area (Å²) >= 11 is 8.15. The number of carbonyl (C=O) groups is 2. The Labute approximate surface area is 218 Å². The third-order valence-electron chi connectivity index (χ3n) is 6.01. The maximum Gasteiger partial charge on any atom is 0.293 e. The molecule has 5 rings (SSSR count). The summed E-state index contributed by atoms with van der Waals surface area (Å²) in [6, 6.07) is 22.1. The predicted octanol–water partition coefficient (Wildman–Crippen LogP) is 8.01. The van der Waals surface area contributed by atoms with Crippen molar-refractivity contribution in [3.8, 4) is 5.69 Å². The molecule has 7 heteroatoms. The Bertz CT molecular complexity index is 1510. The van der Waals surface area contributed by atoms with E-state index >= 15 is 0 Å². The van der Waals surface area contributed by atoms with E-state index in [2.05, 4.69) is 73.7 Å². The summed E-state index contributed by atoms with van der Waals surface area (Å²) in [6.07, 6.45) is 1.84. The van der Waals surface area contributed by atoms with E-state index in [0.29, 0.717) is 4.91 Å². The fourth-order valence-corrected chi connectivity index (χ4v) is 6.04. The molecule has 1 aliphatic rings. The van der Waals surface area contributed by atoms with Crippen LogP contribution >= 0.6 is 43.6 Å². The molecule has 0 bridgehead atoms. The molecule has 2 heterocycles. The predicted molar refractivity (Wildman–Crippen MR) is 146 cm³/mol. The molecule has 0 saturated carbocycles. The van der Waals surface area contributed by atoms with Gasteiger partial charge in [-0.1, -0.05) is 74.3 Å². The van der Waals surface area contributed by atoms with E-state index in [1.165, 1.54) is 4.90 Å². The van der Waals surface area contributed by atoms with E-state index in [-0.39, 0.29) is 17.7 Å². The van der Waals surface area contributed by atoms with Crippen molar-refractivity contribution in [2.75, 3.05) is 0 Å². The van der Waals surface area contributed by atoms with Gasteiger partial charge in [0.2, 0.25) is 0 Å². The van der Waals surface area contributed by atoms with Crippen molar-refractivity contribution < 1.29 is 9.59 Å². The maximum atomic E-state index is 13.1. The molecule has 0 radical (unpaired) electrons. The van der Waals surface area contributed by atoms with Gasteiger partial charge in [0.05, 0.1) is 17.1 Å². The first-order chi connectivity index (χ1) is 16.3.